The van der Waals surface area contributed by atoms with Gasteiger partial charge in [-0.15, -0.1) is 0 Å². The molecular formula is C11H18N2O. The molecule has 1 aromatic heterocycles. The van der Waals surface area contributed by atoms with Crippen LogP contribution in [0.3, 0.4) is 0 Å². The van der Waals surface area contributed by atoms with Crippen LogP contribution in [0.25, 0.3) is 0 Å². The lowest BCUT2D eigenvalue weighted by molar-refractivity contribution is 0.199. The summed E-state index contributed by atoms with van der Waals surface area (Å²) in [6.45, 7) is 5.97. The summed E-state index contributed by atoms with van der Waals surface area (Å²) in [4.78, 5) is 6.33. The fraction of sp³-hybridized carbons (Fsp3) is 0.545. The fourth-order valence-electron chi connectivity index (χ4n) is 1.15. The van der Waals surface area contributed by atoms with Crippen molar-refractivity contribution in [3.63, 3.8) is 0 Å². The molecule has 0 spiro atoms. The van der Waals surface area contributed by atoms with E-state index in [0.717, 1.165) is 11.4 Å². The fourth-order valence-corrected chi connectivity index (χ4v) is 1.15. The van der Waals surface area contributed by atoms with Gasteiger partial charge in [0.2, 0.25) is 0 Å². The van der Waals surface area contributed by atoms with Crippen LogP contribution in [0.2, 0.25) is 0 Å². The van der Waals surface area contributed by atoms with E-state index in [-0.39, 0.29) is 0 Å². The smallest absolute Gasteiger partial charge is 0.128 e. The van der Waals surface area contributed by atoms with E-state index in [4.69, 9.17) is 0 Å². The van der Waals surface area contributed by atoms with Crippen LogP contribution in [-0.2, 0) is 0 Å². The number of anilines is 1. The zero-order valence-corrected chi connectivity index (χ0v) is 9.23. The van der Waals surface area contributed by atoms with Crippen LogP contribution in [0, 0.1) is 0 Å². The largest absolute Gasteiger partial charge is 0.389 e. The third-order valence-corrected chi connectivity index (χ3v) is 2.39. The van der Waals surface area contributed by atoms with Crippen molar-refractivity contribution in [1.82, 2.24) is 4.98 Å². The summed E-state index contributed by atoms with van der Waals surface area (Å²) in [5.41, 5.74) is 0.905. The number of nitrogens with zero attached hydrogens (tertiary/aromatic N) is 2. The minimum absolute atomic E-state index is 0.409. The Hall–Kier alpha value is -1.09. The lowest BCUT2D eigenvalue weighted by Crippen LogP contribution is -2.26. The summed E-state index contributed by atoms with van der Waals surface area (Å²) in [7, 11) is 2.00. The van der Waals surface area contributed by atoms with Gasteiger partial charge in [-0.05, 0) is 38.5 Å². The maximum atomic E-state index is 9.42. The molecule has 3 nitrogen and oxygen atoms in total. The second-order valence-corrected chi connectivity index (χ2v) is 3.83. The maximum Gasteiger partial charge on any atom is 0.128 e. The molecule has 0 saturated carbocycles. The van der Waals surface area contributed by atoms with Crippen molar-refractivity contribution < 1.29 is 5.11 Å². The molecule has 0 aliphatic rings. The Balaban J connectivity index is 2.93. The molecule has 0 saturated heterocycles. The van der Waals surface area contributed by atoms with Gasteiger partial charge in [0.25, 0.3) is 0 Å². The predicted molar refractivity (Wildman–Crippen MR) is 58.4 cm³/mol. The third kappa shape index (κ3) is 2.45. The van der Waals surface area contributed by atoms with E-state index in [2.05, 4.69) is 23.7 Å². The van der Waals surface area contributed by atoms with Gasteiger partial charge in [-0.2, -0.15) is 0 Å². The lowest BCUT2D eigenvalue weighted by atomic mass is 10.1. The molecule has 1 heterocycles. The molecule has 3 heteroatoms. The van der Waals surface area contributed by atoms with E-state index in [0.29, 0.717) is 6.04 Å². The monoisotopic (exact) mass is 194 g/mol. The summed E-state index contributed by atoms with van der Waals surface area (Å²) >= 11 is 0. The molecule has 1 rings (SSSR count). The highest BCUT2D eigenvalue weighted by Gasteiger charge is 2.08. The molecule has 78 valence electrons. The summed E-state index contributed by atoms with van der Waals surface area (Å²) < 4.78 is 0. The van der Waals surface area contributed by atoms with Gasteiger partial charge in [-0.25, -0.2) is 4.98 Å². The highest BCUT2D eigenvalue weighted by molar-refractivity contribution is 5.41. The van der Waals surface area contributed by atoms with Crippen molar-refractivity contribution in [2.75, 3.05) is 11.9 Å². The molecular weight excluding hydrogens is 176 g/mol. The minimum Gasteiger partial charge on any atom is -0.389 e. The van der Waals surface area contributed by atoms with Crippen LogP contribution >= 0.6 is 0 Å². The van der Waals surface area contributed by atoms with Crippen molar-refractivity contribution in [2.45, 2.75) is 32.9 Å². The molecule has 0 aliphatic carbocycles. The van der Waals surface area contributed by atoms with Gasteiger partial charge in [0.05, 0.1) is 6.10 Å². The Morgan fingerprint density at radius 3 is 2.50 bits per heavy atom. The molecule has 0 radical (unpaired) electrons. The number of hydrogen-bond acceptors (Lipinski definition) is 3. The van der Waals surface area contributed by atoms with Gasteiger partial charge >= 0.3 is 0 Å². The first-order valence-electron chi connectivity index (χ1n) is 4.89. The van der Waals surface area contributed by atoms with Crippen LogP contribution in [-0.4, -0.2) is 23.2 Å². The first-order chi connectivity index (χ1) is 6.52. The summed E-state index contributed by atoms with van der Waals surface area (Å²) in [6.07, 6.45) is 1.30. The van der Waals surface area contributed by atoms with Crippen LogP contribution in [0.15, 0.2) is 18.3 Å². The minimum atomic E-state index is -0.433. The highest BCUT2D eigenvalue weighted by atomic mass is 16.3. The molecule has 0 bridgehead atoms. The lowest BCUT2D eigenvalue weighted by Gasteiger charge is -2.23. The number of aliphatic hydroxyl groups is 1. The molecule has 14 heavy (non-hydrogen) atoms. The Kier molecular flexibility index (Phi) is 3.47. The average Bonchev–Trinajstić information content (AvgIpc) is 2.16. The second kappa shape index (κ2) is 4.42. The Labute approximate surface area is 85.4 Å². The van der Waals surface area contributed by atoms with Crippen LogP contribution < -0.4 is 4.90 Å². The summed E-state index contributed by atoms with van der Waals surface area (Å²) in [5.74, 6) is 0.901. The van der Waals surface area contributed by atoms with E-state index in [1.54, 1.807) is 13.1 Å². The number of pyridine rings is 1. The number of rotatable bonds is 3. The molecule has 1 atom stereocenters. The SMILES string of the molecule is CC(C)N(C)c1cc([C@H](C)O)ccn1. The van der Waals surface area contributed by atoms with E-state index < -0.39 is 6.10 Å². The standard InChI is InChI=1S/C11H18N2O/c1-8(2)13(4)11-7-10(9(3)14)5-6-12-11/h5-9,14H,1-4H3/t9-/m0/s1. The number of hydrogen-bond donors (Lipinski definition) is 1. The predicted octanol–water partition coefficient (Wildman–Crippen LogP) is 1.98. The Morgan fingerprint density at radius 1 is 1.36 bits per heavy atom. The third-order valence-electron chi connectivity index (χ3n) is 2.39. The molecule has 1 N–H and O–H groups in total. The van der Waals surface area contributed by atoms with Crippen LogP contribution in [0.5, 0.6) is 0 Å². The van der Waals surface area contributed by atoms with Crippen LogP contribution in [0.4, 0.5) is 5.82 Å². The zero-order valence-electron chi connectivity index (χ0n) is 9.23. The van der Waals surface area contributed by atoms with Crippen molar-refractivity contribution in [3.05, 3.63) is 23.9 Å². The van der Waals surface area contributed by atoms with E-state index in [1.165, 1.54) is 0 Å². The van der Waals surface area contributed by atoms with Crippen molar-refractivity contribution in [1.29, 1.82) is 0 Å². The van der Waals surface area contributed by atoms with Crippen molar-refractivity contribution in [3.8, 4) is 0 Å². The summed E-state index contributed by atoms with van der Waals surface area (Å²) in [6, 6.07) is 4.17. The Morgan fingerprint density at radius 2 is 2.00 bits per heavy atom. The number of aromatic nitrogens is 1. The van der Waals surface area contributed by atoms with Crippen molar-refractivity contribution >= 4 is 5.82 Å². The molecule has 0 aliphatic heterocycles. The van der Waals surface area contributed by atoms with Gasteiger partial charge in [0, 0.05) is 19.3 Å². The first-order valence-corrected chi connectivity index (χ1v) is 4.89. The molecule has 0 aromatic carbocycles. The quantitative estimate of drug-likeness (QED) is 0.799. The second-order valence-electron chi connectivity index (χ2n) is 3.83. The molecule has 0 fully saturated rings. The zero-order chi connectivity index (χ0) is 10.7. The van der Waals surface area contributed by atoms with Gasteiger partial charge in [0.1, 0.15) is 5.82 Å². The first kappa shape index (κ1) is 11.0. The average molecular weight is 194 g/mol. The Bertz CT molecular complexity index is 297. The van der Waals surface area contributed by atoms with Gasteiger partial charge in [0.15, 0.2) is 0 Å². The molecule has 0 unspecified atom stereocenters. The molecule has 1 aromatic rings. The summed E-state index contributed by atoms with van der Waals surface area (Å²) in [5, 5.41) is 9.42. The van der Waals surface area contributed by atoms with Gasteiger partial charge in [-0.1, -0.05) is 0 Å². The topological polar surface area (TPSA) is 36.4 Å². The van der Waals surface area contributed by atoms with E-state index in [9.17, 15) is 5.11 Å². The van der Waals surface area contributed by atoms with Gasteiger partial charge < -0.3 is 10.0 Å². The number of aliphatic hydroxyl groups excluding tert-OH is 1. The van der Waals surface area contributed by atoms with Crippen LogP contribution in [0.1, 0.15) is 32.4 Å². The van der Waals surface area contributed by atoms with Gasteiger partial charge in [-0.3, -0.25) is 0 Å². The maximum absolute atomic E-state index is 9.42. The normalized spacial score (nSPS) is 13.0. The van der Waals surface area contributed by atoms with E-state index >= 15 is 0 Å². The van der Waals surface area contributed by atoms with E-state index in [1.807, 2.05) is 19.2 Å². The highest BCUT2D eigenvalue weighted by Crippen LogP contribution is 2.18. The van der Waals surface area contributed by atoms with Crippen molar-refractivity contribution in [2.24, 2.45) is 0 Å². The molecule has 0 amide bonds.